The monoisotopic (exact) mass is 365 g/mol. The van der Waals surface area contributed by atoms with Crippen LogP contribution >= 0.6 is 0 Å². The van der Waals surface area contributed by atoms with Crippen molar-refractivity contribution in [3.63, 3.8) is 0 Å². The van der Waals surface area contributed by atoms with Gasteiger partial charge in [-0.1, -0.05) is 12.1 Å². The number of carboxylic acids is 1. The minimum atomic E-state index is -1.29. The van der Waals surface area contributed by atoms with Gasteiger partial charge in [-0.05, 0) is 13.0 Å². The van der Waals surface area contributed by atoms with E-state index in [0.29, 0.717) is 0 Å². The number of carbonyl (C=O) groups excluding carboxylic acids is 2. The van der Waals surface area contributed by atoms with Gasteiger partial charge in [0.15, 0.2) is 6.04 Å². The molecule has 0 aliphatic carbocycles. The van der Waals surface area contributed by atoms with E-state index in [9.17, 15) is 24.5 Å². The average molecular weight is 365 g/mol. The number of non-ortho nitro benzene ring substituents is 1. The lowest BCUT2D eigenvalue weighted by atomic mass is 10.1. The molecule has 3 N–H and O–H groups in total. The van der Waals surface area contributed by atoms with Gasteiger partial charge in [-0.2, -0.15) is 0 Å². The van der Waals surface area contributed by atoms with Crippen molar-refractivity contribution in [2.24, 2.45) is 0 Å². The Hall–Kier alpha value is -3.27. The van der Waals surface area contributed by atoms with Gasteiger partial charge >= 0.3 is 5.97 Å². The summed E-state index contributed by atoms with van der Waals surface area (Å²) in [7, 11) is 0. The fourth-order valence-corrected chi connectivity index (χ4v) is 1.85. The van der Waals surface area contributed by atoms with Gasteiger partial charge in [-0.3, -0.25) is 19.7 Å². The summed E-state index contributed by atoms with van der Waals surface area (Å²) in [5.74, 6) is -2.73. The number of hydrogen-bond donors (Lipinski definition) is 3. The van der Waals surface area contributed by atoms with Crippen LogP contribution in [0.2, 0.25) is 0 Å². The first-order valence-corrected chi connectivity index (χ1v) is 7.53. The Morgan fingerprint density at radius 1 is 1.38 bits per heavy atom. The van der Waals surface area contributed by atoms with Crippen LogP contribution in [-0.2, 0) is 14.3 Å². The number of aliphatic carboxylic acids is 1. The standard InChI is InChI=1S/C16H19N3O7/c1-3-7-26-9-13(16(22)23)18-14(20)10(2)17-15(21)11-5-4-6-12(8-11)19(24)25/h3-6,8,10,13H,1,7,9H2,2H3,(H,17,21)(H,18,20)(H,22,23). The number of ether oxygens (including phenoxy) is 1. The van der Waals surface area contributed by atoms with Crippen LogP contribution in [0.3, 0.4) is 0 Å². The van der Waals surface area contributed by atoms with E-state index in [-0.39, 0.29) is 24.5 Å². The van der Waals surface area contributed by atoms with E-state index < -0.39 is 34.8 Å². The summed E-state index contributed by atoms with van der Waals surface area (Å²) in [5.41, 5.74) is -0.261. The normalized spacial score (nSPS) is 12.5. The van der Waals surface area contributed by atoms with E-state index in [1.165, 1.54) is 31.2 Å². The van der Waals surface area contributed by atoms with Crippen molar-refractivity contribution in [1.82, 2.24) is 10.6 Å². The number of carboxylic acid groups (broad SMARTS) is 1. The van der Waals surface area contributed by atoms with Crippen LogP contribution in [0.5, 0.6) is 0 Å². The molecule has 0 heterocycles. The van der Waals surface area contributed by atoms with E-state index in [1.807, 2.05) is 0 Å². The zero-order valence-corrected chi connectivity index (χ0v) is 14.0. The summed E-state index contributed by atoms with van der Waals surface area (Å²) < 4.78 is 5.01. The first-order valence-electron chi connectivity index (χ1n) is 7.53. The molecule has 0 aliphatic rings. The van der Waals surface area contributed by atoms with Gasteiger partial charge in [0.25, 0.3) is 11.6 Å². The summed E-state index contributed by atoms with van der Waals surface area (Å²) in [5, 5.41) is 24.4. The number of amides is 2. The van der Waals surface area contributed by atoms with Crippen LogP contribution < -0.4 is 10.6 Å². The van der Waals surface area contributed by atoms with E-state index >= 15 is 0 Å². The molecule has 10 nitrogen and oxygen atoms in total. The number of benzene rings is 1. The Morgan fingerprint density at radius 2 is 2.08 bits per heavy atom. The molecule has 2 amide bonds. The number of nitrogens with zero attached hydrogens (tertiary/aromatic N) is 1. The molecule has 1 rings (SSSR count). The summed E-state index contributed by atoms with van der Waals surface area (Å²) in [6, 6.07) is 2.64. The molecule has 2 unspecified atom stereocenters. The molecule has 1 aromatic carbocycles. The number of hydrogen-bond acceptors (Lipinski definition) is 6. The Morgan fingerprint density at radius 3 is 2.65 bits per heavy atom. The van der Waals surface area contributed by atoms with Crippen molar-refractivity contribution >= 4 is 23.5 Å². The van der Waals surface area contributed by atoms with Crippen molar-refractivity contribution in [3.05, 3.63) is 52.6 Å². The molecule has 140 valence electrons. The first kappa shape index (κ1) is 20.8. The highest BCUT2D eigenvalue weighted by Gasteiger charge is 2.24. The Kier molecular flexibility index (Phi) is 7.90. The Labute approximate surface area is 149 Å². The molecule has 0 aromatic heterocycles. The maximum Gasteiger partial charge on any atom is 0.328 e. The second-order valence-electron chi connectivity index (χ2n) is 5.23. The second kappa shape index (κ2) is 9.89. The topological polar surface area (TPSA) is 148 Å². The zero-order valence-electron chi connectivity index (χ0n) is 14.0. The number of nitro benzene ring substituents is 1. The molecular weight excluding hydrogens is 346 g/mol. The van der Waals surface area contributed by atoms with E-state index in [4.69, 9.17) is 9.84 Å². The molecule has 26 heavy (non-hydrogen) atoms. The van der Waals surface area contributed by atoms with Gasteiger partial charge in [0.1, 0.15) is 6.04 Å². The number of rotatable bonds is 10. The third-order valence-corrected chi connectivity index (χ3v) is 3.19. The van der Waals surface area contributed by atoms with Gasteiger partial charge in [-0.25, -0.2) is 4.79 Å². The Balaban J connectivity index is 2.68. The highest BCUT2D eigenvalue weighted by molar-refractivity contribution is 5.98. The lowest BCUT2D eigenvalue weighted by molar-refractivity contribution is -0.384. The van der Waals surface area contributed by atoms with Gasteiger partial charge in [-0.15, -0.1) is 6.58 Å². The molecule has 0 bridgehead atoms. The summed E-state index contributed by atoms with van der Waals surface area (Å²) in [6.45, 7) is 4.63. The fourth-order valence-electron chi connectivity index (χ4n) is 1.85. The lowest BCUT2D eigenvalue weighted by Crippen LogP contribution is -2.51. The maximum atomic E-state index is 12.1. The van der Waals surface area contributed by atoms with Gasteiger partial charge in [0.2, 0.25) is 5.91 Å². The summed E-state index contributed by atoms with van der Waals surface area (Å²) in [4.78, 5) is 45.4. The van der Waals surface area contributed by atoms with Crippen molar-refractivity contribution in [3.8, 4) is 0 Å². The van der Waals surface area contributed by atoms with E-state index in [2.05, 4.69) is 17.2 Å². The van der Waals surface area contributed by atoms with Crippen LogP contribution in [0.4, 0.5) is 5.69 Å². The first-order chi connectivity index (χ1) is 12.3. The number of nitrogens with one attached hydrogen (secondary N) is 2. The number of nitro groups is 1. The number of carbonyl (C=O) groups is 3. The molecule has 1 aromatic rings. The van der Waals surface area contributed by atoms with Gasteiger partial charge < -0.3 is 20.5 Å². The molecule has 0 saturated heterocycles. The van der Waals surface area contributed by atoms with Crippen LogP contribution in [-0.4, -0.2) is 53.1 Å². The SMILES string of the molecule is C=CCOCC(NC(=O)C(C)NC(=O)c1cccc([N+](=O)[O-])c1)C(=O)O. The van der Waals surface area contributed by atoms with Crippen molar-refractivity contribution in [2.75, 3.05) is 13.2 Å². The Bertz CT molecular complexity index is 705. The average Bonchev–Trinajstić information content (AvgIpc) is 2.60. The minimum absolute atomic E-state index is 0.00273. The van der Waals surface area contributed by atoms with Gasteiger partial charge in [0, 0.05) is 17.7 Å². The minimum Gasteiger partial charge on any atom is -0.480 e. The quantitative estimate of drug-likeness (QED) is 0.236. The predicted molar refractivity (Wildman–Crippen MR) is 90.6 cm³/mol. The van der Waals surface area contributed by atoms with E-state index in [0.717, 1.165) is 6.07 Å². The molecule has 2 atom stereocenters. The fraction of sp³-hybridized carbons (Fsp3) is 0.312. The smallest absolute Gasteiger partial charge is 0.328 e. The molecule has 0 spiro atoms. The largest absolute Gasteiger partial charge is 0.480 e. The van der Waals surface area contributed by atoms with Gasteiger partial charge in [0.05, 0.1) is 18.1 Å². The third kappa shape index (κ3) is 6.32. The molecule has 0 aliphatic heterocycles. The zero-order chi connectivity index (χ0) is 19.7. The molecular formula is C16H19N3O7. The summed E-state index contributed by atoms with van der Waals surface area (Å²) >= 11 is 0. The second-order valence-corrected chi connectivity index (χ2v) is 5.23. The van der Waals surface area contributed by atoms with Crippen molar-refractivity contribution in [2.45, 2.75) is 19.0 Å². The molecule has 0 saturated carbocycles. The van der Waals surface area contributed by atoms with E-state index in [1.54, 1.807) is 0 Å². The highest BCUT2D eigenvalue weighted by atomic mass is 16.6. The molecule has 0 radical (unpaired) electrons. The van der Waals surface area contributed by atoms with Crippen LogP contribution in [0, 0.1) is 10.1 Å². The van der Waals surface area contributed by atoms with Crippen LogP contribution in [0.25, 0.3) is 0 Å². The van der Waals surface area contributed by atoms with Crippen LogP contribution in [0.1, 0.15) is 17.3 Å². The predicted octanol–water partition coefficient (Wildman–Crippen LogP) is 0.485. The van der Waals surface area contributed by atoms with Crippen LogP contribution in [0.15, 0.2) is 36.9 Å². The van der Waals surface area contributed by atoms with Crippen molar-refractivity contribution in [1.29, 1.82) is 0 Å². The summed E-state index contributed by atoms with van der Waals surface area (Å²) in [6.07, 6.45) is 1.43. The third-order valence-electron chi connectivity index (χ3n) is 3.19. The highest BCUT2D eigenvalue weighted by Crippen LogP contribution is 2.13. The molecule has 10 heteroatoms. The maximum absolute atomic E-state index is 12.1. The van der Waals surface area contributed by atoms with Crippen molar-refractivity contribution < 1.29 is 29.2 Å². The lowest BCUT2D eigenvalue weighted by Gasteiger charge is -2.18. The molecule has 0 fully saturated rings.